The maximum Gasteiger partial charge on any atom is 0.134 e. The molecule has 0 aliphatic rings. The summed E-state index contributed by atoms with van der Waals surface area (Å²) in [6.07, 6.45) is 0. The second kappa shape index (κ2) is 5.68. The molecule has 2 nitrogen and oxygen atoms in total. The summed E-state index contributed by atoms with van der Waals surface area (Å²) in [6, 6.07) is 10.2. The normalized spacial score (nSPS) is 11.7. The summed E-state index contributed by atoms with van der Waals surface area (Å²) < 4.78 is 0. The Morgan fingerprint density at radius 1 is 1.28 bits per heavy atom. The minimum Gasteiger partial charge on any atom is -0.302 e. The highest BCUT2D eigenvalue weighted by Crippen LogP contribution is 2.21. The van der Waals surface area contributed by atoms with Crippen molar-refractivity contribution in [2.45, 2.75) is 20.4 Å². The van der Waals surface area contributed by atoms with Gasteiger partial charge in [0.1, 0.15) is 5.15 Å². The second-order valence-electron chi connectivity index (χ2n) is 5.22. The predicted octanol–water partition coefficient (Wildman–Crippen LogP) is 3.98. The molecular weight excluding hydrogens is 244 g/mol. The van der Waals surface area contributed by atoms with Gasteiger partial charge in [0, 0.05) is 24.0 Å². The fraction of sp³-hybridized carbons (Fsp3) is 0.400. The number of hydrogen-bond donors (Lipinski definition) is 0. The molecule has 0 unspecified atom stereocenters. The molecule has 18 heavy (non-hydrogen) atoms. The van der Waals surface area contributed by atoms with Crippen LogP contribution in [0.15, 0.2) is 30.3 Å². The number of rotatable bonds is 4. The molecule has 0 aliphatic heterocycles. The van der Waals surface area contributed by atoms with Gasteiger partial charge in [-0.3, -0.25) is 0 Å². The van der Waals surface area contributed by atoms with Gasteiger partial charge < -0.3 is 4.90 Å². The van der Waals surface area contributed by atoms with Crippen molar-refractivity contribution in [3.63, 3.8) is 0 Å². The van der Waals surface area contributed by atoms with E-state index in [2.05, 4.69) is 42.9 Å². The van der Waals surface area contributed by atoms with Crippen LogP contribution >= 0.6 is 11.6 Å². The first-order valence-corrected chi connectivity index (χ1v) is 6.67. The van der Waals surface area contributed by atoms with Crippen LogP contribution in [0.25, 0.3) is 10.9 Å². The van der Waals surface area contributed by atoms with Crippen molar-refractivity contribution in [3.05, 3.63) is 41.0 Å². The second-order valence-corrected chi connectivity index (χ2v) is 5.58. The zero-order valence-electron chi connectivity index (χ0n) is 11.2. The van der Waals surface area contributed by atoms with E-state index in [9.17, 15) is 0 Å². The first-order valence-electron chi connectivity index (χ1n) is 6.29. The van der Waals surface area contributed by atoms with Crippen LogP contribution in [0.2, 0.25) is 5.15 Å². The summed E-state index contributed by atoms with van der Waals surface area (Å²) in [5.41, 5.74) is 2.05. The quantitative estimate of drug-likeness (QED) is 0.775. The lowest BCUT2D eigenvalue weighted by atomic mass is 10.1. The van der Waals surface area contributed by atoms with Crippen molar-refractivity contribution >= 4 is 22.5 Å². The van der Waals surface area contributed by atoms with E-state index in [1.807, 2.05) is 18.2 Å². The van der Waals surface area contributed by atoms with Gasteiger partial charge in [0.2, 0.25) is 0 Å². The zero-order valence-corrected chi connectivity index (χ0v) is 11.9. The van der Waals surface area contributed by atoms with Crippen molar-refractivity contribution in [2.24, 2.45) is 5.92 Å². The summed E-state index contributed by atoms with van der Waals surface area (Å²) >= 11 is 6.25. The fourth-order valence-corrected chi connectivity index (χ4v) is 2.43. The van der Waals surface area contributed by atoms with Crippen LogP contribution in [0, 0.1) is 5.92 Å². The minimum absolute atomic E-state index is 0.615. The number of aromatic nitrogens is 1. The highest BCUT2D eigenvalue weighted by molar-refractivity contribution is 6.30. The smallest absolute Gasteiger partial charge is 0.134 e. The lowest BCUT2D eigenvalue weighted by molar-refractivity contribution is 0.288. The zero-order chi connectivity index (χ0) is 13.1. The summed E-state index contributed by atoms with van der Waals surface area (Å²) in [7, 11) is 2.12. The van der Waals surface area contributed by atoms with Crippen molar-refractivity contribution in [1.29, 1.82) is 0 Å². The van der Waals surface area contributed by atoms with Crippen LogP contribution in [-0.4, -0.2) is 23.5 Å². The van der Waals surface area contributed by atoms with Crippen molar-refractivity contribution in [2.75, 3.05) is 13.6 Å². The molecule has 3 heteroatoms. The third kappa shape index (κ3) is 3.21. The molecule has 1 heterocycles. The Morgan fingerprint density at radius 3 is 2.72 bits per heavy atom. The lowest BCUT2D eigenvalue weighted by Gasteiger charge is -2.19. The van der Waals surface area contributed by atoms with Gasteiger partial charge in [-0.25, -0.2) is 4.98 Å². The molecule has 0 aliphatic carbocycles. The molecule has 96 valence electrons. The number of benzene rings is 1. The van der Waals surface area contributed by atoms with E-state index in [-0.39, 0.29) is 0 Å². The largest absolute Gasteiger partial charge is 0.302 e. The number of pyridine rings is 1. The molecule has 0 radical (unpaired) electrons. The van der Waals surface area contributed by atoms with Gasteiger partial charge in [-0.1, -0.05) is 43.6 Å². The average Bonchev–Trinajstić information content (AvgIpc) is 2.29. The Labute approximate surface area is 114 Å². The first-order chi connectivity index (χ1) is 8.56. The van der Waals surface area contributed by atoms with Crippen LogP contribution in [0.3, 0.4) is 0 Å². The van der Waals surface area contributed by atoms with Gasteiger partial charge in [-0.2, -0.15) is 0 Å². The van der Waals surface area contributed by atoms with Gasteiger partial charge in [0.05, 0.1) is 5.52 Å². The highest BCUT2D eigenvalue weighted by Gasteiger charge is 2.08. The van der Waals surface area contributed by atoms with Gasteiger partial charge >= 0.3 is 0 Å². The van der Waals surface area contributed by atoms with E-state index in [1.165, 1.54) is 0 Å². The standard InChI is InChI=1S/C15H19ClN2/c1-11(2)9-18(3)10-13-8-12-6-4-5-7-14(12)17-15(13)16/h4-8,11H,9-10H2,1-3H3. The number of fused-ring (bicyclic) bond motifs is 1. The van der Waals surface area contributed by atoms with Crippen molar-refractivity contribution < 1.29 is 0 Å². The summed E-state index contributed by atoms with van der Waals surface area (Å²) in [5, 5.41) is 1.76. The Bertz CT molecular complexity index is 537. The molecule has 0 atom stereocenters. The Morgan fingerprint density at radius 2 is 2.00 bits per heavy atom. The van der Waals surface area contributed by atoms with Gasteiger partial charge in [-0.15, -0.1) is 0 Å². The van der Waals surface area contributed by atoms with E-state index in [0.717, 1.165) is 29.6 Å². The van der Waals surface area contributed by atoms with Crippen molar-refractivity contribution in [3.8, 4) is 0 Å². The van der Waals surface area contributed by atoms with Crippen LogP contribution in [0.5, 0.6) is 0 Å². The fourth-order valence-electron chi connectivity index (χ4n) is 2.23. The first kappa shape index (κ1) is 13.3. The molecule has 0 saturated heterocycles. The molecule has 2 aromatic rings. The Hall–Kier alpha value is -1.12. The number of halogens is 1. The molecule has 0 bridgehead atoms. The van der Waals surface area contributed by atoms with E-state index in [4.69, 9.17) is 11.6 Å². The maximum atomic E-state index is 6.25. The molecule has 0 N–H and O–H groups in total. The van der Waals surface area contributed by atoms with Gasteiger partial charge in [-0.05, 0) is 25.1 Å². The predicted molar refractivity (Wildman–Crippen MR) is 77.9 cm³/mol. The average molecular weight is 263 g/mol. The Kier molecular flexibility index (Phi) is 4.20. The minimum atomic E-state index is 0.615. The number of para-hydroxylation sites is 1. The summed E-state index contributed by atoms with van der Waals surface area (Å²) in [5.74, 6) is 0.655. The third-order valence-corrected chi connectivity index (χ3v) is 3.19. The lowest BCUT2D eigenvalue weighted by Crippen LogP contribution is -2.23. The van der Waals surface area contributed by atoms with Gasteiger partial charge in [0.15, 0.2) is 0 Å². The highest BCUT2D eigenvalue weighted by atomic mass is 35.5. The van der Waals surface area contributed by atoms with Crippen LogP contribution in [0.4, 0.5) is 0 Å². The van der Waals surface area contributed by atoms with E-state index in [1.54, 1.807) is 0 Å². The molecule has 0 saturated carbocycles. The Balaban J connectivity index is 2.25. The topological polar surface area (TPSA) is 16.1 Å². The molecule has 2 rings (SSSR count). The molecular formula is C15H19ClN2. The molecule has 0 fully saturated rings. The number of nitrogens with zero attached hydrogens (tertiary/aromatic N) is 2. The SMILES string of the molecule is CC(C)CN(C)Cc1cc2ccccc2nc1Cl. The summed E-state index contributed by atoms with van der Waals surface area (Å²) in [6.45, 7) is 6.34. The molecule has 0 amide bonds. The monoisotopic (exact) mass is 262 g/mol. The van der Waals surface area contributed by atoms with E-state index in [0.29, 0.717) is 11.1 Å². The van der Waals surface area contributed by atoms with Crippen LogP contribution in [-0.2, 0) is 6.54 Å². The van der Waals surface area contributed by atoms with Crippen LogP contribution < -0.4 is 0 Å². The van der Waals surface area contributed by atoms with E-state index < -0.39 is 0 Å². The summed E-state index contributed by atoms with van der Waals surface area (Å²) in [4.78, 5) is 6.73. The van der Waals surface area contributed by atoms with Gasteiger partial charge in [0.25, 0.3) is 0 Å². The molecule has 1 aromatic carbocycles. The van der Waals surface area contributed by atoms with Crippen molar-refractivity contribution in [1.82, 2.24) is 9.88 Å². The maximum absolute atomic E-state index is 6.25. The molecule has 0 spiro atoms. The molecule has 1 aromatic heterocycles. The van der Waals surface area contributed by atoms with Crippen LogP contribution in [0.1, 0.15) is 19.4 Å². The third-order valence-electron chi connectivity index (χ3n) is 2.87. The van der Waals surface area contributed by atoms with E-state index >= 15 is 0 Å². The number of hydrogen-bond acceptors (Lipinski definition) is 2.